The molecule has 2 fully saturated rings. The number of hydrogen-bond acceptors (Lipinski definition) is 3. The molecule has 0 N–H and O–H groups in total. The highest BCUT2D eigenvalue weighted by molar-refractivity contribution is 5.82. The third-order valence-electron chi connectivity index (χ3n) is 8.31. The minimum absolute atomic E-state index is 0.176. The van der Waals surface area contributed by atoms with Gasteiger partial charge in [-0.1, -0.05) is 25.5 Å². The van der Waals surface area contributed by atoms with Gasteiger partial charge in [0.15, 0.2) is 0 Å². The average molecular weight is 408 g/mol. The van der Waals surface area contributed by atoms with Crippen LogP contribution in [0.2, 0.25) is 0 Å². The Morgan fingerprint density at radius 3 is 2.73 bits per heavy atom. The second-order valence-corrected chi connectivity index (χ2v) is 10.3. The molecule has 1 aromatic carbocycles. The molecule has 0 unspecified atom stereocenters. The normalized spacial score (nSPS) is 29.7. The first-order chi connectivity index (χ1) is 14.3. The lowest BCUT2D eigenvalue weighted by Crippen LogP contribution is -2.47. The molecule has 2 saturated carbocycles. The number of rotatable bonds is 5. The van der Waals surface area contributed by atoms with Crippen LogP contribution in [-0.4, -0.2) is 54.4 Å². The second-order valence-electron chi connectivity index (χ2n) is 10.3. The van der Waals surface area contributed by atoms with Gasteiger partial charge in [0, 0.05) is 43.3 Å². The summed E-state index contributed by atoms with van der Waals surface area (Å²) in [7, 11) is 6.17. The second kappa shape index (κ2) is 8.30. The Bertz CT molecular complexity index is 910. The molecule has 4 nitrogen and oxygen atoms in total. The van der Waals surface area contributed by atoms with Gasteiger partial charge in [-0.05, 0) is 87.0 Å². The highest BCUT2D eigenvalue weighted by Crippen LogP contribution is 2.61. The van der Waals surface area contributed by atoms with Crippen molar-refractivity contribution in [3.8, 4) is 0 Å². The first kappa shape index (κ1) is 21.3. The highest BCUT2D eigenvalue weighted by atomic mass is 16.2. The summed E-state index contributed by atoms with van der Waals surface area (Å²) in [4.78, 5) is 22.0. The molecule has 0 bridgehead atoms. The molecule has 2 aliphatic carbocycles. The van der Waals surface area contributed by atoms with Crippen LogP contribution in [0, 0.1) is 17.3 Å². The Hall–Kier alpha value is -1.94. The fourth-order valence-electron chi connectivity index (χ4n) is 6.28. The molecular weight excluding hydrogens is 370 g/mol. The third-order valence-corrected chi connectivity index (χ3v) is 8.31. The third kappa shape index (κ3) is 3.75. The summed E-state index contributed by atoms with van der Waals surface area (Å²) < 4.78 is 0. The van der Waals surface area contributed by atoms with E-state index in [1.807, 2.05) is 24.3 Å². The minimum atomic E-state index is 0.176. The summed E-state index contributed by atoms with van der Waals surface area (Å²) in [5.41, 5.74) is 1.64. The van der Waals surface area contributed by atoms with Crippen LogP contribution >= 0.6 is 0 Å². The molecule has 0 saturated heterocycles. The Morgan fingerprint density at radius 1 is 1.17 bits per heavy atom. The number of amides is 1. The van der Waals surface area contributed by atoms with Crippen LogP contribution in [0.4, 0.5) is 0 Å². The quantitative estimate of drug-likeness (QED) is 0.704. The topological polar surface area (TPSA) is 36.4 Å². The van der Waals surface area contributed by atoms with Crippen LogP contribution in [0.1, 0.15) is 57.4 Å². The predicted octanol–water partition coefficient (Wildman–Crippen LogP) is 4.94. The van der Waals surface area contributed by atoms with Gasteiger partial charge < -0.3 is 9.80 Å². The Kier molecular flexibility index (Phi) is 5.89. The van der Waals surface area contributed by atoms with E-state index in [4.69, 9.17) is 0 Å². The van der Waals surface area contributed by atoms with Crippen molar-refractivity contribution < 1.29 is 4.79 Å². The number of pyridine rings is 1. The summed E-state index contributed by atoms with van der Waals surface area (Å²) in [5.74, 6) is 1.57. The van der Waals surface area contributed by atoms with E-state index in [1.54, 1.807) is 0 Å². The predicted molar refractivity (Wildman–Crippen MR) is 123 cm³/mol. The minimum Gasteiger partial charge on any atom is -0.344 e. The van der Waals surface area contributed by atoms with E-state index >= 15 is 0 Å². The van der Waals surface area contributed by atoms with Crippen molar-refractivity contribution in [3.05, 3.63) is 42.2 Å². The monoisotopic (exact) mass is 407 g/mol. The number of likely N-dealkylation sites (N-methyl/N-ethyl adjacent to an activating group) is 2. The van der Waals surface area contributed by atoms with Gasteiger partial charge in [-0.25, -0.2) is 0 Å². The number of benzene rings is 1. The molecule has 1 heterocycles. The maximum absolute atomic E-state index is 13.5. The van der Waals surface area contributed by atoms with Crippen molar-refractivity contribution in [1.29, 1.82) is 0 Å². The number of carbonyl (C=O) groups excluding carboxylic acids is 1. The van der Waals surface area contributed by atoms with Crippen molar-refractivity contribution in [2.24, 2.45) is 17.3 Å². The van der Waals surface area contributed by atoms with Crippen LogP contribution < -0.4 is 0 Å². The fraction of sp³-hybridized carbons (Fsp3) is 0.615. The average Bonchev–Trinajstić information content (AvgIpc) is 3.09. The van der Waals surface area contributed by atoms with E-state index in [-0.39, 0.29) is 11.3 Å². The van der Waals surface area contributed by atoms with Crippen LogP contribution in [0.5, 0.6) is 0 Å². The lowest BCUT2D eigenvalue weighted by atomic mass is 9.60. The SMILES string of the molecule is C[C@H](CN(C)C(=O)[C@@H]1CCC[C@]2(C)[C@@H](c3ccc4ccncc4c3)CC[C@@H]12)N(C)C. The molecule has 1 aromatic heterocycles. The zero-order chi connectivity index (χ0) is 21.5. The van der Waals surface area contributed by atoms with E-state index in [0.29, 0.717) is 23.8 Å². The maximum Gasteiger partial charge on any atom is 0.225 e. The van der Waals surface area contributed by atoms with Gasteiger partial charge in [-0.2, -0.15) is 0 Å². The van der Waals surface area contributed by atoms with Gasteiger partial charge in [0.1, 0.15) is 0 Å². The molecule has 0 spiro atoms. The zero-order valence-corrected chi connectivity index (χ0v) is 19.3. The Morgan fingerprint density at radius 2 is 1.97 bits per heavy atom. The van der Waals surface area contributed by atoms with Crippen LogP contribution in [-0.2, 0) is 4.79 Å². The largest absolute Gasteiger partial charge is 0.344 e. The molecular formula is C26H37N3O. The summed E-state index contributed by atoms with van der Waals surface area (Å²) in [6.45, 7) is 5.45. The van der Waals surface area contributed by atoms with Crippen molar-refractivity contribution in [2.45, 2.75) is 57.9 Å². The van der Waals surface area contributed by atoms with E-state index in [1.165, 1.54) is 35.6 Å². The van der Waals surface area contributed by atoms with Crippen molar-refractivity contribution in [2.75, 3.05) is 27.7 Å². The molecule has 5 atom stereocenters. The molecule has 162 valence electrons. The highest BCUT2D eigenvalue weighted by Gasteiger charge is 2.53. The number of hydrogen-bond donors (Lipinski definition) is 0. The number of aromatic nitrogens is 1. The Balaban J connectivity index is 1.56. The van der Waals surface area contributed by atoms with Gasteiger partial charge in [-0.15, -0.1) is 0 Å². The van der Waals surface area contributed by atoms with E-state index in [0.717, 1.165) is 19.4 Å². The smallest absolute Gasteiger partial charge is 0.225 e. The summed E-state index contributed by atoms with van der Waals surface area (Å²) in [6.07, 6.45) is 9.63. The number of fused-ring (bicyclic) bond motifs is 2. The van der Waals surface area contributed by atoms with Crippen LogP contribution in [0.25, 0.3) is 10.8 Å². The zero-order valence-electron chi connectivity index (χ0n) is 19.3. The van der Waals surface area contributed by atoms with Gasteiger partial charge in [0.2, 0.25) is 5.91 Å². The van der Waals surface area contributed by atoms with Gasteiger partial charge in [0.05, 0.1) is 0 Å². The number of carbonyl (C=O) groups is 1. The standard InChI is InChI=1S/C26H37N3O/c1-18(28(3)4)17-29(5)25(30)22-7-6-13-26(2)23(10-11-24(22)26)20-9-8-19-12-14-27-16-21(19)15-20/h8-9,12,14-16,18,22-24H,6-7,10-11,13,17H2,1-5H3/t18-,22-,23-,24+,26-/m1/s1. The van der Waals surface area contributed by atoms with Crippen LogP contribution in [0.15, 0.2) is 36.7 Å². The first-order valence-corrected chi connectivity index (χ1v) is 11.6. The van der Waals surface area contributed by atoms with Crippen LogP contribution in [0.3, 0.4) is 0 Å². The molecule has 30 heavy (non-hydrogen) atoms. The molecule has 2 aliphatic rings. The molecule has 4 heteroatoms. The molecule has 0 aliphatic heterocycles. The Labute approximate surface area is 181 Å². The summed E-state index contributed by atoms with van der Waals surface area (Å²) in [5, 5.41) is 2.48. The van der Waals surface area contributed by atoms with Gasteiger partial charge in [0.25, 0.3) is 0 Å². The van der Waals surface area contributed by atoms with E-state index < -0.39 is 0 Å². The summed E-state index contributed by atoms with van der Waals surface area (Å²) >= 11 is 0. The van der Waals surface area contributed by atoms with Crippen molar-refractivity contribution in [3.63, 3.8) is 0 Å². The molecule has 2 aromatic rings. The van der Waals surface area contributed by atoms with Crippen molar-refractivity contribution in [1.82, 2.24) is 14.8 Å². The fourth-order valence-corrected chi connectivity index (χ4v) is 6.28. The van der Waals surface area contributed by atoms with Gasteiger partial charge in [-0.3, -0.25) is 9.78 Å². The molecule has 4 rings (SSSR count). The first-order valence-electron chi connectivity index (χ1n) is 11.6. The lowest BCUT2D eigenvalue weighted by Gasteiger charge is -2.45. The van der Waals surface area contributed by atoms with Crippen molar-refractivity contribution >= 4 is 16.7 Å². The summed E-state index contributed by atoms with van der Waals surface area (Å²) in [6, 6.07) is 9.35. The van der Waals surface area contributed by atoms with Gasteiger partial charge >= 0.3 is 0 Å². The van der Waals surface area contributed by atoms with E-state index in [9.17, 15) is 4.79 Å². The molecule has 0 radical (unpaired) electrons. The molecule has 1 amide bonds. The van der Waals surface area contributed by atoms with E-state index in [2.05, 4.69) is 62.1 Å². The maximum atomic E-state index is 13.5. The number of nitrogens with zero attached hydrogens (tertiary/aromatic N) is 3. The lowest BCUT2D eigenvalue weighted by molar-refractivity contribution is -0.140.